The summed E-state index contributed by atoms with van der Waals surface area (Å²) in [6, 6.07) is 8.16. The lowest BCUT2D eigenvalue weighted by Crippen LogP contribution is -1.90. The molecule has 0 aliphatic heterocycles. The molecule has 0 N–H and O–H groups in total. The highest BCUT2D eigenvalue weighted by atomic mass is 79.9. The van der Waals surface area contributed by atoms with Gasteiger partial charge in [0.15, 0.2) is 0 Å². The smallest absolute Gasteiger partial charge is 0.0716 e. The molecule has 0 unspecified atom stereocenters. The Kier molecular flexibility index (Phi) is 2.08. The number of aryl methyl sites for hydroxylation is 1. The molecule has 0 atom stereocenters. The fourth-order valence-electron chi connectivity index (χ4n) is 1.38. The molecule has 0 aliphatic carbocycles. The van der Waals surface area contributed by atoms with Crippen molar-refractivity contribution in [2.75, 3.05) is 0 Å². The van der Waals surface area contributed by atoms with E-state index >= 15 is 0 Å². The Morgan fingerprint density at radius 2 is 1.85 bits per heavy atom. The van der Waals surface area contributed by atoms with Gasteiger partial charge in [-0.1, -0.05) is 18.2 Å². The van der Waals surface area contributed by atoms with Gasteiger partial charge in [0, 0.05) is 15.6 Å². The molecule has 0 aliphatic rings. The molecule has 0 saturated heterocycles. The molecule has 1 heterocycles. The van der Waals surface area contributed by atoms with Gasteiger partial charge in [-0.3, -0.25) is 4.98 Å². The van der Waals surface area contributed by atoms with Crippen molar-refractivity contribution in [1.82, 2.24) is 4.98 Å². The molecule has 2 heteroatoms. The van der Waals surface area contributed by atoms with E-state index in [2.05, 4.69) is 33.9 Å². The fraction of sp³-hybridized carbons (Fsp3) is 0.182. The highest BCUT2D eigenvalue weighted by Crippen LogP contribution is 2.27. The van der Waals surface area contributed by atoms with Gasteiger partial charge in [0.25, 0.3) is 0 Å². The molecule has 2 rings (SSSR count). The maximum Gasteiger partial charge on any atom is 0.0716 e. The van der Waals surface area contributed by atoms with Crippen LogP contribution in [-0.2, 0) is 0 Å². The number of nitrogens with zero attached hydrogens (tertiary/aromatic N) is 1. The summed E-state index contributed by atoms with van der Waals surface area (Å²) in [6.45, 7) is 4.12. The van der Waals surface area contributed by atoms with Gasteiger partial charge in [-0.25, -0.2) is 0 Å². The summed E-state index contributed by atoms with van der Waals surface area (Å²) in [6.07, 6.45) is 0. The number of benzene rings is 1. The summed E-state index contributed by atoms with van der Waals surface area (Å²) in [7, 11) is 0. The summed E-state index contributed by atoms with van der Waals surface area (Å²) >= 11 is 3.59. The van der Waals surface area contributed by atoms with Crippen LogP contribution >= 0.6 is 15.9 Å². The summed E-state index contributed by atoms with van der Waals surface area (Å²) in [4.78, 5) is 4.51. The standard InChI is InChI=1S/C11H10BrN/c1-7-8(2)13-10-6-4-3-5-9(10)11(7)12/h3-6H,1-2H3. The van der Waals surface area contributed by atoms with Crippen LogP contribution in [0, 0.1) is 13.8 Å². The maximum absolute atomic E-state index is 4.51. The Balaban J connectivity index is 2.94. The zero-order valence-corrected chi connectivity index (χ0v) is 9.22. The van der Waals surface area contributed by atoms with Crippen molar-refractivity contribution in [2.45, 2.75) is 13.8 Å². The third-order valence-electron chi connectivity index (χ3n) is 2.30. The van der Waals surface area contributed by atoms with Gasteiger partial charge in [0.2, 0.25) is 0 Å². The molecule has 13 heavy (non-hydrogen) atoms. The molecule has 0 amide bonds. The third kappa shape index (κ3) is 1.35. The van der Waals surface area contributed by atoms with Crippen LogP contribution in [0.4, 0.5) is 0 Å². The van der Waals surface area contributed by atoms with Crippen LogP contribution in [0.5, 0.6) is 0 Å². The molecule has 1 aromatic heterocycles. The second-order valence-electron chi connectivity index (χ2n) is 3.15. The van der Waals surface area contributed by atoms with Crippen molar-refractivity contribution in [2.24, 2.45) is 0 Å². The zero-order chi connectivity index (χ0) is 9.42. The predicted octanol–water partition coefficient (Wildman–Crippen LogP) is 3.61. The van der Waals surface area contributed by atoms with Crippen LogP contribution in [-0.4, -0.2) is 4.98 Å². The van der Waals surface area contributed by atoms with Crippen LogP contribution in [0.1, 0.15) is 11.3 Å². The normalized spacial score (nSPS) is 10.7. The number of hydrogen-bond acceptors (Lipinski definition) is 1. The first-order valence-electron chi connectivity index (χ1n) is 4.21. The Bertz CT molecular complexity index is 463. The highest BCUT2D eigenvalue weighted by molar-refractivity contribution is 9.10. The van der Waals surface area contributed by atoms with E-state index in [1.54, 1.807) is 0 Å². The Labute approximate surface area is 85.9 Å². The highest BCUT2D eigenvalue weighted by Gasteiger charge is 2.04. The molecule has 0 spiro atoms. The molecule has 0 fully saturated rings. The lowest BCUT2D eigenvalue weighted by Gasteiger charge is -2.06. The van der Waals surface area contributed by atoms with Gasteiger partial charge >= 0.3 is 0 Å². The number of hydrogen-bond donors (Lipinski definition) is 0. The van der Waals surface area contributed by atoms with E-state index in [-0.39, 0.29) is 0 Å². The number of rotatable bonds is 0. The van der Waals surface area contributed by atoms with E-state index in [0.717, 1.165) is 15.7 Å². The Morgan fingerprint density at radius 3 is 2.62 bits per heavy atom. The van der Waals surface area contributed by atoms with Crippen LogP contribution in [0.3, 0.4) is 0 Å². The van der Waals surface area contributed by atoms with Crippen molar-refractivity contribution in [1.29, 1.82) is 0 Å². The Hall–Kier alpha value is -0.890. The summed E-state index contributed by atoms with van der Waals surface area (Å²) < 4.78 is 1.16. The Morgan fingerprint density at radius 1 is 1.15 bits per heavy atom. The molecule has 1 aromatic carbocycles. The van der Waals surface area contributed by atoms with Crippen molar-refractivity contribution in [3.63, 3.8) is 0 Å². The lowest BCUT2D eigenvalue weighted by molar-refractivity contribution is 1.18. The van der Waals surface area contributed by atoms with E-state index in [1.165, 1.54) is 10.9 Å². The van der Waals surface area contributed by atoms with E-state index in [1.807, 2.05) is 25.1 Å². The molecule has 2 aromatic rings. The van der Waals surface area contributed by atoms with E-state index in [0.29, 0.717) is 0 Å². The molecular weight excluding hydrogens is 226 g/mol. The van der Waals surface area contributed by atoms with Crippen molar-refractivity contribution < 1.29 is 0 Å². The van der Waals surface area contributed by atoms with Crippen molar-refractivity contribution >= 4 is 26.8 Å². The SMILES string of the molecule is Cc1nc2ccccc2c(Br)c1C. The average Bonchev–Trinajstić information content (AvgIpc) is 2.15. The average molecular weight is 236 g/mol. The van der Waals surface area contributed by atoms with E-state index < -0.39 is 0 Å². The number of aromatic nitrogens is 1. The minimum atomic E-state index is 1.05. The van der Waals surface area contributed by atoms with Gasteiger partial charge in [0.05, 0.1) is 5.52 Å². The topological polar surface area (TPSA) is 12.9 Å². The fourth-order valence-corrected chi connectivity index (χ4v) is 2.00. The molecule has 0 saturated carbocycles. The maximum atomic E-state index is 4.51. The minimum absolute atomic E-state index is 1.05. The number of halogens is 1. The molecule has 0 radical (unpaired) electrons. The van der Waals surface area contributed by atoms with Gasteiger partial charge in [-0.2, -0.15) is 0 Å². The largest absolute Gasteiger partial charge is 0.253 e. The van der Waals surface area contributed by atoms with Crippen molar-refractivity contribution in [3.05, 3.63) is 40.0 Å². The van der Waals surface area contributed by atoms with Crippen LogP contribution < -0.4 is 0 Å². The lowest BCUT2D eigenvalue weighted by atomic mass is 10.1. The van der Waals surface area contributed by atoms with Crippen molar-refractivity contribution in [3.8, 4) is 0 Å². The number of fused-ring (bicyclic) bond motifs is 1. The van der Waals surface area contributed by atoms with Gasteiger partial charge in [-0.15, -0.1) is 0 Å². The second kappa shape index (κ2) is 3.11. The second-order valence-corrected chi connectivity index (χ2v) is 3.95. The van der Waals surface area contributed by atoms with Crippen LogP contribution in [0.2, 0.25) is 0 Å². The molecule has 66 valence electrons. The summed E-state index contributed by atoms with van der Waals surface area (Å²) in [5, 5.41) is 1.19. The van der Waals surface area contributed by atoms with Crippen LogP contribution in [0.25, 0.3) is 10.9 Å². The summed E-state index contributed by atoms with van der Waals surface area (Å²) in [5.74, 6) is 0. The third-order valence-corrected chi connectivity index (χ3v) is 3.32. The van der Waals surface area contributed by atoms with Gasteiger partial charge < -0.3 is 0 Å². The van der Waals surface area contributed by atoms with Crippen LogP contribution in [0.15, 0.2) is 28.7 Å². The first-order chi connectivity index (χ1) is 6.20. The van der Waals surface area contributed by atoms with E-state index in [4.69, 9.17) is 0 Å². The quantitative estimate of drug-likeness (QED) is 0.680. The number of pyridine rings is 1. The molecular formula is C11H10BrN. The zero-order valence-electron chi connectivity index (χ0n) is 7.63. The predicted molar refractivity (Wildman–Crippen MR) is 58.9 cm³/mol. The first-order valence-corrected chi connectivity index (χ1v) is 5.01. The molecule has 1 nitrogen and oxygen atoms in total. The minimum Gasteiger partial charge on any atom is -0.253 e. The number of para-hydroxylation sites is 1. The van der Waals surface area contributed by atoms with E-state index in [9.17, 15) is 0 Å². The monoisotopic (exact) mass is 235 g/mol. The molecule has 0 bridgehead atoms. The van der Waals surface area contributed by atoms with Gasteiger partial charge in [-0.05, 0) is 41.4 Å². The van der Waals surface area contributed by atoms with Gasteiger partial charge in [0.1, 0.15) is 0 Å². The summed E-state index contributed by atoms with van der Waals surface area (Å²) in [5.41, 5.74) is 3.36. The first kappa shape index (κ1) is 8.70.